The summed E-state index contributed by atoms with van der Waals surface area (Å²) < 4.78 is 248. The molecule has 10 aromatic rings. The van der Waals surface area contributed by atoms with Crippen molar-refractivity contribution in [1.82, 2.24) is 29.9 Å². The van der Waals surface area contributed by atoms with Crippen LogP contribution in [0.5, 0.6) is 23.0 Å². The number of phenols is 4. The molecule has 0 aliphatic heterocycles. The molecule has 0 aliphatic carbocycles. The van der Waals surface area contributed by atoms with Crippen molar-refractivity contribution in [3.8, 4) is 23.0 Å². The third-order valence-corrected chi connectivity index (χ3v) is 24.4. The quantitative estimate of drug-likeness (QED) is 0.00439. The first-order chi connectivity index (χ1) is 56.0. The van der Waals surface area contributed by atoms with Gasteiger partial charge in [0.1, 0.15) is 48.9 Å². The van der Waals surface area contributed by atoms with E-state index >= 15 is 0 Å². The van der Waals surface area contributed by atoms with E-state index in [0.717, 1.165) is 78.9 Å². The van der Waals surface area contributed by atoms with Crippen molar-refractivity contribution in [2.75, 3.05) is 45.1 Å². The summed E-state index contributed by atoms with van der Waals surface area (Å²) in [6, 6.07) is 15.8. The van der Waals surface area contributed by atoms with Crippen LogP contribution in [0.3, 0.4) is 0 Å². The number of hydrogen-bond acceptors (Lipinski definition) is 49. The Morgan fingerprint density at radius 1 is 0.463 bits per heavy atom. The third-order valence-electron chi connectivity index (χ3n) is 14.6. The van der Waals surface area contributed by atoms with Crippen molar-refractivity contribution in [3.63, 3.8) is 0 Å². The molecule has 0 saturated heterocycles. The number of aromatic nitrogens is 6. The van der Waals surface area contributed by atoms with Gasteiger partial charge in [-0.2, -0.15) is 72.0 Å². The zero-order valence-electron chi connectivity index (χ0n) is 57.8. The minimum absolute atomic E-state index is 0. The van der Waals surface area contributed by atoms with Crippen molar-refractivity contribution in [2.45, 2.75) is 39.2 Å². The monoisotopic (exact) mass is 1960 g/mol. The molecule has 8 aromatic carbocycles. The fourth-order valence-electron chi connectivity index (χ4n) is 9.66. The summed E-state index contributed by atoms with van der Waals surface area (Å²) in [6.45, 7) is -1.06. The Morgan fingerprint density at radius 3 is 1.32 bits per heavy atom. The van der Waals surface area contributed by atoms with Crippen LogP contribution in [-0.4, -0.2) is 186 Å². The van der Waals surface area contributed by atoms with E-state index in [9.17, 15) is 122 Å². The van der Waals surface area contributed by atoms with Gasteiger partial charge in [-0.1, -0.05) is 15.1 Å². The van der Waals surface area contributed by atoms with Gasteiger partial charge in [0.2, 0.25) is 34.4 Å². The summed E-state index contributed by atoms with van der Waals surface area (Å²) >= 11 is 10.3. The molecule has 1 atom stereocenters. The smallest absolute Gasteiger partial charge is 0.397 e. The molecule has 0 fully saturated rings. The number of phenolic OH excluding ortho intramolecular Hbond substituents is 4. The van der Waals surface area contributed by atoms with Gasteiger partial charge in [-0.15, -0.1) is 33.5 Å². The van der Waals surface area contributed by atoms with Gasteiger partial charge < -0.3 is 41.7 Å². The molecule has 0 amide bonds. The molecule has 2 aromatic heterocycles. The summed E-state index contributed by atoms with van der Waals surface area (Å²) in [7, 11) is -34.6. The number of nitro groups is 2. The number of halogens is 2. The molecule has 0 bridgehead atoms. The van der Waals surface area contributed by atoms with Crippen LogP contribution in [0.1, 0.15) is 0 Å². The van der Waals surface area contributed by atoms with Crippen LogP contribution in [0.2, 0.25) is 10.6 Å². The molecule has 121 heavy (non-hydrogen) atoms. The number of aromatic hydroxyl groups is 4. The zero-order valence-corrected chi connectivity index (χ0v) is 68.8. The zero-order chi connectivity index (χ0) is 88.5. The second-order valence-corrected chi connectivity index (χ2v) is 36.5. The molecular formula is C54H42Cl2CrN16O38S10. The number of benzene rings is 8. The number of anilines is 8. The van der Waals surface area contributed by atoms with Crippen LogP contribution in [0.25, 0.3) is 21.5 Å². The maximum absolute atomic E-state index is 12.8. The molecule has 16 N–H and O–H groups in total. The molecule has 0 spiro atoms. The fourth-order valence-corrected chi connectivity index (χ4v) is 17.5. The Hall–Kier alpha value is -10.3. The first-order valence-corrected chi connectivity index (χ1v) is 44.2. The van der Waals surface area contributed by atoms with Crippen molar-refractivity contribution in [1.29, 1.82) is 0 Å². The SMILES string of the molecule is O=[N+]([O-])c1ccc(N=Nc2c(S(=O)(=O)O)cc3cc(SOOO)cc(Nc4nc(Cl)nc(Nc5ccc(S(=O)(=O)CCS(=O)OOO)cc5S(=O)(=O)O)n4)c3c2O)c(O)c1.O=[N+]([O-])c1ccc(N=Nc2c(SOOO)cc3cc(S(=O)(=O)O)cc(Nc4nc(Cl)nc(Nc5ccc(S(=O)(=O)CCOS(=O)(=O)O)cc5S(=O)(=O)O)n4)c3c2O)c(O)c1.[Cr]. The first kappa shape index (κ1) is 96.2. The van der Waals surface area contributed by atoms with Gasteiger partial charge in [0, 0.05) is 45.2 Å². The molecule has 1 unspecified atom stereocenters. The second-order valence-electron chi connectivity index (χ2n) is 22.3. The predicted molar refractivity (Wildman–Crippen MR) is 405 cm³/mol. The van der Waals surface area contributed by atoms with Crippen LogP contribution in [0, 0.1) is 20.2 Å². The van der Waals surface area contributed by atoms with E-state index in [1.807, 2.05) is 0 Å². The Bertz CT molecular complexity index is 6750. The van der Waals surface area contributed by atoms with Crippen LogP contribution in [-0.2, 0) is 131 Å². The number of rotatable bonds is 35. The van der Waals surface area contributed by atoms with Gasteiger partial charge in [0.15, 0.2) is 42.3 Å². The van der Waals surface area contributed by atoms with Crippen molar-refractivity contribution in [3.05, 3.63) is 140 Å². The average molecular weight is 1970 g/mol. The summed E-state index contributed by atoms with van der Waals surface area (Å²) in [5, 5.41) is 124. The number of fused-ring (bicyclic) bond motifs is 2. The molecule has 646 valence electrons. The molecule has 0 aliphatic rings. The van der Waals surface area contributed by atoms with E-state index in [1.165, 1.54) is 12.1 Å². The largest absolute Gasteiger partial charge is 0.505 e. The number of nitro benzene ring substituents is 2. The Morgan fingerprint density at radius 2 is 0.893 bits per heavy atom. The van der Waals surface area contributed by atoms with E-state index in [1.54, 1.807) is 0 Å². The fraction of sp³-hybridized carbons (Fsp3) is 0.0741. The summed E-state index contributed by atoms with van der Waals surface area (Å²) in [5.74, 6) is -8.28. The van der Waals surface area contributed by atoms with Gasteiger partial charge in [-0.25, -0.2) is 41.0 Å². The summed E-state index contributed by atoms with van der Waals surface area (Å²) in [5.41, 5.74) is -5.00. The molecule has 0 saturated carbocycles. The van der Waals surface area contributed by atoms with Gasteiger partial charge in [-0.05, 0) is 119 Å². The molecule has 0 radical (unpaired) electrons. The summed E-state index contributed by atoms with van der Waals surface area (Å²) in [4.78, 5) is 38.3. The van der Waals surface area contributed by atoms with E-state index in [2.05, 4.69) is 104 Å². The third kappa shape index (κ3) is 25.2. The normalized spacial score (nSPS) is 12.6. The van der Waals surface area contributed by atoms with Crippen LogP contribution >= 0.6 is 47.3 Å². The van der Waals surface area contributed by atoms with Crippen molar-refractivity contribution < 1.29 is 182 Å². The van der Waals surface area contributed by atoms with Crippen LogP contribution in [0.15, 0.2) is 169 Å². The van der Waals surface area contributed by atoms with Gasteiger partial charge in [0.25, 0.3) is 51.8 Å². The standard InChI is InChI=1S/2C27H21ClN8O19S5.Cr/c28-25-31-26(29-17-4-2-15(11-20(17)59(46,47)48)58(44,45)6-5-57(43)55-53-42)33-27(32-25)30-18-10-14(56-54-52-41)7-12-8-21(60(49,50)51)23(24(38)22(12)18)35-34-16-3-1-13(36(39)40)9-19(16)37;28-25-31-26(29-17-4-2-14(11-21(17)59(47,48)49)57(42,43)6-5-53-60(50,51)52)33-27(32-25)30-18-10-15(58(44,45)46)7-12-8-20(56-55-54-41)23(24(38)22(12)18)35-34-16-3-1-13(36(39)40)9-19(16)37;/h1-4,7-11,37-38,41-42H,5-6H2,(H,46,47,48)(H,49,50,51)(H2,29,30,31,32,33);1-4,7-11,37-38,41H,5-6H2,(H,44,45,46)(H,47,48,49)(H,50,51,52)(H2,29,30,31,32,33);. The minimum atomic E-state index is -5.25. The van der Waals surface area contributed by atoms with Crippen LogP contribution in [0.4, 0.5) is 80.7 Å². The molecule has 54 nitrogen and oxygen atoms in total. The number of nitrogens with zero attached hydrogens (tertiary/aromatic N) is 12. The Kier molecular flexibility index (Phi) is 31.2. The number of sulfone groups is 2. The van der Waals surface area contributed by atoms with Gasteiger partial charge in [-0.3, -0.25) is 43.0 Å². The summed E-state index contributed by atoms with van der Waals surface area (Å²) in [6.07, 6.45) is 0. The molecule has 10 rings (SSSR count). The number of non-ortho nitro benzene ring substituents is 2. The van der Waals surface area contributed by atoms with Crippen LogP contribution < -0.4 is 21.3 Å². The number of nitrogens with one attached hydrogen (secondary N) is 4. The predicted octanol–water partition coefficient (Wildman–Crippen LogP) is 9.09. The number of azo groups is 2. The minimum Gasteiger partial charge on any atom is -0.505 e. The molecular weight excluding hydrogens is 1920 g/mol. The van der Waals surface area contributed by atoms with E-state index < -0.39 is 248 Å². The molecule has 2 heterocycles. The first-order valence-electron chi connectivity index (χ1n) is 30.3. The van der Waals surface area contributed by atoms with Gasteiger partial charge in [0.05, 0.1) is 112 Å². The van der Waals surface area contributed by atoms with Crippen molar-refractivity contribution in [2.24, 2.45) is 20.5 Å². The van der Waals surface area contributed by atoms with E-state index in [-0.39, 0.29) is 72.1 Å². The van der Waals surface area contributed by atoms with E-state index in [4.69, 9.17) is 43.5 Å². The topological polar surface area (TPSA) is 825 Å². The maximum Gasteiger partial charge on any atom is 0.397 e. The second kappa shape index (κ2) is 39.3. The van der Waals surface area contributed by atoms with Crippen molar-refractivity contribution >= 4 is 231 Å². The molecule has 67 heteroatoms. The van der Waals surface area contributed by atoms with E-state index in [0.29, 0.717) is 30.2 Å². The Balaban J connectivity index is 0.000000298. The van der Waals surface area contributed by atoms with Gasteiger partial charge >= 0.3 is 10.4 Å². The maximum atomic E-state index is 12.8. The Labute approximate surface area is 705 Å². The average Bonchev–Trinajstić information content (AvgIpc) is 0.503. The number of hydrogen-bond donors (Lipinski definition) is 16.